The number of fused-ring (bicyclic) bond motifs is 11. The maximum absolute atomic E-state index is 4.72. The third-order valence-corrected chi connectivity index (χ3v) is 18.7. The zero-order chi connectivity index (χ0) is 65.6. The number of hydrogen-bond donors (Lipinski definition) is 0. The molecule has 0 unspecified atom stereocenters. The smallest absolute Gasteiger partial charge is 0.0490 e. The van der Waals surface area contributed by atoms with Crippen LogP contribution in [-0.4, -0.2) is 0 Å². The second kappa shape index (κ2) is 27.1. The highest BCUT2D eigenvalue weighted by Gasteiger charge is 2.19. The second-order valence-electron chi connectivity index (χ2n) is 24.7. The minimum Gasteiger partial charge on any atom is -0.310 e. The summed E-state index contributed by atoms with van der Waals surface area (Å²) in [6, 6.07) is 128. The molecule has 0 bridgehead atoms. The first-order valence-corrected chi connectivity index (χ1v) is 33.1. The molecule has 0 aliphatic heterocycles. The molecule has 0 amide bonds. The van der Waals surface area contributed by atoms with Crippen LogP contribution >= 0.6 is 0 Å². The molecule has 0 heterocycles. The first-order chi connectivity index (χ1) is 47.8. The van der Waals surface area contributed by atoms with Crippen LogP contribution in [-0.2, 0) is 0 Å². The lowest BCUT2D eigenvalue weighted by Crippen LogP contribution is -2.11. The fourth-order valence-electron chi connectivity index (χ4n) is 13.9. The molecular formula is C95H68N2. The quantitative estimate of drug-likeness (QED) is 0.0995. The summed E-state index contributed by atoms with van der Waals surface area (Å²) >= 11 is 0. The van der Waals surface area contributed by atoms with E-state index in [2.05, 4.69) is 393 Å². The Kier molecular flexibility index (Phi) is 16.9. The summed E-state index contributed by atoms with van der Waals surface area (Å²) in [6.07, 6.45) is 4.72. The van der Waals surface area contributed by atoms with Crippen molar-refractivity contribution in [2.24, 2.45) is 0 Å². The summed E-state index contributed by atoms with van der Waals surface area (Å²) in [6.45, 7) is 6.08. The number of terminal acetylenes is 1. The minimum absolute atomic E-state index is 1.12. The van der Waals surface area contributed by atoms with Crippen LogP contribution in [0.4, 0.5) is 34.1 Å². The Hall–Kier alpha value is -12.7. The third kappa shape index (κ3) is 12.3. The van der Waals surface area contributed by atoms with Gasteiger partial charge in [0, 0.05) is 34.1 Å². The predicted molar refractivity (Wildman–Crippen MR) is 418 cm³/mol. The summed E-state index contributed by atoms with van der Waals surface area (Å²) < 4.78 is 0. The Bertz CT molecular complexity index is 5830. The number of aryl methyl sites for hydroxylation is 2. The van der Waals surface area contributed by atoms with Gasteiger partial charge in [-0.1, -0.05) is 297 Å². The molecule has 0 aliphatic rings. The van der Waals surface area contributed by atoms with Gasteiger partial charge < -0.3 is 9.80 Å². The average molecular weight is 1240 g/mol. The number of hydrogen-bond acceptors (Lipinski definition) is 2. The first kappa shape index (κ1) is 60.5. The molecule has 0 spiro atoms. The highest BCUT2D eigenvalue weighted by molar-refractivity contribution is 6.19. The Morgan fingerprint density at radius 2 is 0.588 bits per heavy atom. The fraction of sp³-hybridized carbons (Fsp3) is 0.0316. The molecule has 17 aromatic carbocycles. The molecule has 2 nitrogen and oxygen atoms in total. The lowest BCUT2D eigenvalue weighted by Gasteiger charge is -2.28. The molecule has 0 saturated carbocycles. The summed E-state index contributed by atoms with van der Waals surface area (Å²) in [5.74, 6) is 7.08. The van der Waals surface area contributed by atoms with E-state index in [-0.39, 0.29) is 0 Å². The van der Waals surface area contributed by atoms with Crippen LogP contribution in [0.1, 0.15) is 18.1 Å². The van der Waals surface area contributed by atoms with Crippen molar-refractivity contribution in [2.75, 3.05) is 9.80 Å². The summed E-state index contributed by atoms with van der Waals surface area (Å²) in [5, 5.41) is 17.8. The molecule has 0 radical (unpaired) electrons. The molecule has 17 aromatic rings. The van der Waals surface area contributed by atoms with E-state index < -0.39 is 0 Å². The van der Waals surface area contributed by atoms with E-state index in [1.165, 1.54) is 137 Å². The van der Waals surface area contributed by atoms with Gasteiger partial charge in [0.25, 0.3) is 0 Å². The van der Waals surface area contributed by atoms with E-state index in [1.807, 2.05) is 0 Å². The summed E-state index contributed by atoms with van der Waals surface area (Å²) in [5.41, 5.74) is 19.1. The van der Waals surface area contributed by atoms with Gasteiger partial charge in [0.05, 0.1) is 0 Å². The van der Waals surface area contributed by atoms with Crippen molar-refractivity contribution < 1.29 is 0 Å². The highest BCUT2D eigenvalue weighted by Crippen LogP contribution is 2.44. The van der Waals surface area contributed by atoms with Crippen LogP contribution in [0.3, 0.4) is 0 Å². The molecule has 0 aliphatic carbocycles. The van der Waals surface area contributed by atoms with E-state index in [1.54, 1.807) is 6.92 Å². The van der Waals surface area contributed by atoms with Crippen molar-refractivity contribution >= 4 is 110 Å². The largest absolute Gasteiger partial charge is 0.310 e. The monoisotopic (exact) mass is 1240 g/mol. The molecular weight excluding hydrogens is 1170 g/mol. The average Bonchev–Trinajstić information content (AvgIpc) is 0.769. The Morgan fingerprint density at radius 1 is 0.247 bits per heavy atom. The SMILES string of the molecule is C#CC#CC.Cc1ccc(N(c2ccc(-c3ccc(-c4ccccc4)cc3)cc2)c2ccc3ccc4c5ccccc5ccc4c3c2)c(C)c1.c1ccc(-c2ccc(N(c3ccc(-c4cccc5ccccc45)cc3)c3ccc4ccc5c6ccccc6ccc5c4c3)cc2)cc1. The standard InChI is InChI=1S/C46H31N.C44H33N.C5H4/c1-2-9-32(10-3-1)33-17-24-38(25-18-33)47(39-26-19-36(20-27-39)42-16-8-13-34-11-4-6-14-41(34)42)40-28-21-37-23-29-44-43-15-7-5-12-35(43)22-30-45(44)46(37)31-40;1-30-12-27-44(31(2)28-30)45(38-22-17-35(18-23-38)34-15-13-33(14-16-34)32-8-4-3-5-9-32)39-24-19-37-21-25-41-40-11-7-6-10-36(40)20-26-42(41)43(37)29-39;1-3-5-4-2/h1-31H;3-29H,1-2H3;1H,2H3. The Labute approximate surface area is 568 Å². The predicted octanol–water partition coefficient (Wildman–Crippen LogP) is 26.3. The molecule has 97 heavy (non-hydrogen) atoms. The molecule has 0 aromatic heterocycles. The number of rotatable bonds is 10. The maximum Gasteiger partial charge on any atom is 0.0490 e. The summed E-state index contributed by atoms with van der Waals surface area (Å²) in [7, 11) is 0. The van der Waals surface area contributed by atoms with Gasteiger partial charge in [-0.15, -0.1) is 6.42 Å². The molecule has 0 fully saturated rings. The van der Waals surface area contributed by atoms with Crippen LogP contribution in [0.5, 0.6) is 0 Å². The van der Waals surface area contributed by atoms with Gasteiger partial charge in [0.1, 0.15) is 0 Å². The number of nitrogens with zero attached hydrogens (tertiary/aromatic N) is 2. The molecule has 0 saturated heterocycles. The van der Waals surface area contributed by atoms with Crippen LogP contribution in [0, 0.1) is 38.0 Å². The second-order valence-corrected chi connectivity index (χ2v) is 24.7. The van der Waals surface area contributed by atoms with Crippen LogP contribution in [0.15, 0.2) is 352 Å². The van der Waals surface area contributed by atoms with Crippen LogP contribution in [0.2, 0.25) is 0 Å². The minimum atomic E-state index is 1.12. The van der Waals surface area contributed by atoms with E-state index >= 15 is 0 Å². The van der Waals surface area contributed by atoms with Crippen molar-refractivity contribution in [3.8, 4) is 68.7 Å². The molecule has 0 atom stereocenters. The first-order valence-electron chi connectivity index (χ1n) is 33.1. The molecule has 0 N–H and O–H groups in total. The van der Waals surface area contributed by atoms with E-state index in [4.69, 9.17) is 6.42 Å². The molecule has 458 valence electrons. The van der Waals surface area contributed by atoms with Gasteiger partial charge in [0.2, 0.25) is 0 Å². The van der Waals surface area contributed by atoms with Crippen molar-refractivity contribution in [3.05, 3.63) is 363 Å². The van der Waals surface area contributed by atoms with Crippen molar-refractivity contribution in [2.45, 2.75) is 20.8 Å². The normalized spacial score (nSPS) is 10.9. The molecule has 17 rings (SSSR count). The van der Waals surface area contributed by atoms with Gasteiger partial charge >= 0.3 is 0 Å². The van der Waals surface area contributed by atoms with E-state index in [0.29, 0.717) is 0 Å². The fourth-order valence-corrected chi connectivity index (χ4v) is 13.9. The van der Waals surface area contributed by atoms with Gasteiger partial charge in [-0.3, -0.25) is 0 Å². The summed E-state index contributed by atoms with van der Waals surface area (Å²) in [4.78, 5) is 4.78. The van der Waals surface area contributed by atoms with Gasteiger partial charge in [-0.05, 0) is 225 Å². The number of benzene rings is 17. The zero-order valence-electron chi connectivity index (χ0n) is 54.5. The number of anilines is 6. The van der Waals surface area contributed by atoms with Gasteiger partial charge in [-0.2, -0.15) is 0 Å². The molecule has 2 heteroatoms. The van der Waals surface area contributed by atoms with Crippen molar-refractivity contribution in [1.29, 1.82) is 0 Å². The Morgan fingerprint density at radius 3 is 1.03 bits per heavy atom. The van der Waals surface area contributed by atoms with Crippen LogP contribution < -0.4 is 9.80 Å². The van der Waals surface area contributed by atoms with Crippen LogP contribution in [0.25, 0.3) is 120 Å². The van der Waals surface area contributed by atoms with Gasteiger partial charge in [-0.25, -0.2) is 0 Å². The highest BCUT2D eigenvalue weighted by atomic mass is 15.1. The van der Waals surface area contributed by atoms with Crippen molar-refractivity contribution in [3.63, 3.8) is 0 Å². The third-order valence-electron chi connectivity index (χ3n) is 18.7. The van der Waals surface area contributed by atoms with E-state index in [9.17, 15) is 0 Å². The van der Waals surface area contributed by atoms with Crippen molar-refractivity contribution in [1.82, 2.24) is 0 Å². The van der Waals surface area contributed by atoms with Gasteiger partial charge in [0.15, 0.2) is 0 Å². The zero-order valence-corrected chi connectivity index (χ0v) is 54.5. The lowest BCUT2D eigenvalue weighted by atomic mass is 9.96. The van der Waals surface area contributed by atoms with E-state index in [0.717, 1.165) is 28.4 Å². The lowest BCUT2D eigenvalue weighted by molar-refractivity contribution is 1.24. The maximum atomic E-state index is 4.72. The topological polar surface area (TPSA) is 6.48 Å². The Balaban J connectivity index is 0.000000149.